The molecular formula is C28H33N5O7. The highest BCUT2D eigenvalue weighted by Gasteiger charge is 2.33. The predicted molar refractivity (Wildman–Crippen MR) is 147 cm³/mol. The van der Waals surface area contributed by atoms with Gasteiger partial charge in [-0.2, -0.15) is 0 Å². The van der Waals surface area contributed by atoms with Crippen LogP contribution in [-0.2, 0) is 25.6 Å². The molecule has 0 bridgehead atoms. The van der Waals surface area contributed by atoms with Crippen molar-refractivity contribution in [3.63, 3.8) is 0 Å². The Hall–Kier alpha value is -4.74. The molecule has 0 fully saturated rings. The molecule has 1 aromatic heterocycles. The van der Waals surface area contributed by atoms with Crippen LogP contribution >= 0.6 is 0 Å². The highest BCUT2D eigenvalue weighted by molar-refractivity contribution is 5.92. The van der Waals surface area contributed by atoms with E-state index in [9.17, 15) is 33.9 Å². The van der Waals surface area contributed by atoms with Gasteiger partial charge in [0.05, 0.1) is 10.9 Å². The lowest BCUT2D eigenvalue weighted by Gasteiger charge is -2.28. The van der Waals surface area contributed by atoms with Crippen molar-refractivity contribution in [2.24, 2.45) is 11.7 Å². The molecule has 0 aliphatic rings. The van der Waals surface area contributed by atoms with E-state index in [2.05, 4.69) is 15.6 Å². The number of carbonyl (C=O) groups is 4. The maximum absolute atomic E-state index is 13.8. The molecule has 1 heterocycles. The van der Waals surface area contributed by atoms with Gasteiger partial charge in [-0.05, 0) is 30.0 Å². The first-order chi connectivity index (χ1) is 19.0. The third-order valence-electron chi connectivity index (χ3n) is 6.81. The van der Waals surface area contributed by atoms with Gasteiger partial charge in [0.1, 0.15) is 18.1 Å². The molecule has 4 atom stereocenters. The quantitative estimate of drug-likeness (QED) is 0.208. The summed E-state index contributed by atoms with van der Waals surface area (Å²) in [5.41, 5.74) is 4.65. The summed E-state index contributed by atoms with van der Waals surface area (Å²) in [6.07, 6.45) is -0.0725. The molecule has 3 rings (SSSR count). The van der Waals surface area contributed by atoms with Crippen molar-refractivity contribution < 1.29 is 24.3 Å². The molecule has 3 amide bonds. The summed E-state index contributed by atoms with van der Waals surface area (Å²) in [5.74, 6) is -4.07. The second-order valence-corrected chi connectivity index (χ2v) is 9.63. The summed E-state index contributed by atoms with van der Waals surface area (Å²) in [6.45, 7) is 3.49. The Morgan fingerprint density at radius 1 is 0.975 bits per heavy atom. The number of aromatic nitrogens is 2. The van der Waals surface area contributed by atoms with E-state index in [0.29, 0.717) is 17.5 Å². The molecule has 0 saturated carbocycles. The molecule has 2 aromatic carbocycles. The summed E-state index contributed by atoms with van der Waals surface area (Å²) in [4.78, 5) is 79.0. The fraction of sp³-hybridized carbons (Fsp3) is 0.357. The van der Waals surface area contributed by atoms with Crippen LogP contribution < -0.4 is 27.6 Å². The average molecular weight is 552 g/mol. The second-order valence-electron chi connectivity index (χ2n) is 9.63. The lowest BCUT2D eigenvalue weighted by molar-refractivity contribution is -0.143. The topological polar surface area (TPSA) is 193 Å². The monoisotopic (exact) mass is 551 g/mol. The van der Waals surface area contributed by atoms with Crippen LogP contribution in [0.1, 0.15) is 44.7 Å². The summed E-state index contributed by atoms with van der Waals surface area (Å²) >= 11 is 0. The van der Waals surface area contributed by atoms with Crippen LogP contribution in [0.25, 0.3) is 10.9 Å². The normalized spacial score (nSPS) is 14.1. The number of para-hydroxylation sites is 1. The highest BCUT2D eigenvalue weighted by atomic mass is 16.4. The molecular weight excluding hydrogens is 518 g/mol. The van der Waals surface area contributed by atoms with Gasteiger partial charge in [0.25, 0.3) is 5.56 Å². The Labute approximate surface area is 229 Å². The minimum absolute atomic E-state index is 0.0286. The Kier molecular flexibility index (Phi) is 9.96. The van der Waals surface area contributed by atoms with Gasteiger partial charge in [-0.3, -0.25) is 19.2 Å². The number of H-pyrrole nitrogens is 1. The van der Waals surface area contributed by atoms with E-state index in [-0.39, 0.29) is 24.6 Å². The van der Waals surface area contributed by atoms with Crippen LogP contribution in [0.4, 0.5) is 0 Å². The Balaban J connectivity index is 2.00. The molecule has 0 radical (unpaired) electrons. The second kappa shape index (κ2) is 13.4. The molecule has 12 heteroatoms. The number of nitrogens with one attached hydrogen (secondary N) is 3. The van der Waals surface area contributed by atoms with E-state index >= 15 is 0 Å². The minimum Gasteiger partial charge on any atom is -0.480 e. The van der Waals surface area contributed by atoms with Crippen LogP contribution in [0.2, 0.25) is 0 Å². The largest absolute Gasteiger partial charge is 0.480 e. The molecule has 212 valence electrons. The van der Waals surface area contributed by atoms with E-state index in [4.69, 9.17) is 5.73 Å². The first-order valence-corrected chi connectivity index (χ1v) is 12.9. The van der Waals surface area contributed by atoms with E-state index in [1.54, 1.807) is 62.4 Å². The first-order valence-electron chi connectivity index (χ1n) is 12.9. The fourth-order valence-corrected chi connectivity index (χ4v) is 4.35. The molecule has 0 aliphatic carbocycles. The number of fused-ring (bicyclic) bond motifs is 1. The molecule has 0 aliphatic heterocycles. The number of hydrogen-bond donors (Lipinski definition) is 5. The van der Waals surface area contributed by atoms with Gasteiger partial charge in [0, 0.05) is 12.8 Å². The van der Waals surface area contributed by atoms with E-state index in [1.165, 1.54) is 6.07 Å². The van der Waals surface area contributed by atoms with E-state index < -0.39 is 59.0 Å². The van der Waals surface area contributed by atoms with Crippen LogP contribution in [0.3, 0.4) is 0 Å². The van der Waals surface area contributed by atoms with Crippen LogP contribution in [-0.4, -0.2) is 50.4 Å². The van der Waals surface area contributed by atoms with E-state index in [0.717, 1.165) is 4.57 Å². The number of aromatic amines is 1. The zero-order valence-corrected chi connectivity index (χ0v) is 22.3. The first kappa shape index (κ1) is 29.8. The molecule has 4 unspecified atom stereocenters. The highest BCUT2D eigenvalue weighted by Crippen LogP contribution is 2.16. The molecule has 3 aromatic rings. The van der Waals surface area contributed by atoms with Gasteiger partial charge >= 0.3 is 11.7 Å². The van der Waals surface area contributed by atoms with Crippen molar-refractivity contribution >= 4 is 34.6 Å². The molecule has 0 spiro atoms. The third kappa shape index (κ3) is 7.22. The predicted octanol–water partition coefficient (Wildman–Crippen LogP) is 0.839. The maximum atomic E-state index is 13.8. The van der Waals surface area contributed by atoms with Gasteiger partial charge < -0.3 is 26.5 Å². The number of primary amides is 1. The number of amides is 3. The summed E-state index contributed by atoms with van der Waals surface area (Å²) in [5, 5.41) is 14.7. The zero-order chi connectivity index (χ0) is 29.4. The Bertz CT molecular complexity index is 1500. The molecule has 0 saturated heterocycles. The van der Waals surface area contributed by atoms with Crippen LogP contribution in [0.5, 0.6) is 0 Å². The fourth-order valence-electron chi connectivity index (χ4n) is 4.35. The number of carboxylic acids is 1. The summed E-state index contributed by atoms with van der Waals surface area (Å²) in [7, 11) is 0. The number of aliphatic carboxylic acids is 1. The number of hydrogen-bond acceptors (Lipinski definition) is 6. The Morgan fingerprint density at radius 2 is 1.62 bits per heavy atom. The minimum atomic E-state index is -1.41. The van der Waals surface area contributed by atoms with Gasteiger partial charge in [-0.25, -0.2) is 14.2 Å². The molecule has 40 heavy (non-hydrogen) atoms. The third-order valence-corrected chi connectivity index (χ3v) is 6.81. The van der Waals surface area contributed by atoms with Gasteiger partial charge in [0.15, 0.2) is 0 Å². The van der Waals surface area contributed by atoms with Crippen molar-refractivity contribution in [1.82, 2.24) is 20.2 Å². The van der Waals surface area contributed by atoms with Crippen molar-refractivity contribution in [3.05, 3.63) is 81.0 Å². The van der Waals surface area contributed by atoms with Crippen LogP contribution in [0, 0.1) is 5.92 Å². The summed E-state index contributed by atoms with van der Waals surface area (Å²) in [6, 6.07) is 11.3. The van der Waals surface area contributed by atoms with Crippen LogP contribution in [0.15, 0.2) is 64.2 Å². The summed E-state index contributed by atoms with van der Waals surface area (Å²) < 4.78 is 0.836. The van der Waals surface area contributed by atoms with Crippen molar-refractivity contribution in [3.8, 4) is 0 Å². The van der Waals surface area contributed by atoms with Gasteiger partial charge in [0.2, 0.25) is 17.7 Å². The zero-order valence-electron chi connectivity index (χ0n) is 22.3. The maximum Gasteiger partial charge on any atom is 0.329 e. The van der Waals surface area contributed by atoms with E-state index in [1.807, 2.05) is 0 Å². The number of carbonyl (C=O) groups excluding carboxylic acids is 3. The molecule has 12 nitrogen and oxygen atoms in total. The lowest BCUT2D eigenvalue weighted by Crippen LogP contribution is -2.56. The number of carboxylic acid groups (broad SMARTS) is 1. The Morgan fingerprint density at radius 3 is 2.25 bits per heavy atom. The SMILES string of the molecule is CCC(C)C(NC(=O)C(Cc1ccccc1)n1c(=O)[nH]c2ccccc2c1=O)C(=O)NC(CCC(N)=O)C(=O)O. The standard InChI is InChI=1S/C28H33N5O7/c1-3-16(2)23(25(36)30-20(27(38)39)13-14-22(29)34)32-24(35)21(15-17-9-5-4-6-10-17)33-26(37)18-11-7-8-12-19(18)31-28(33)40/h4-12,16,20-21,23H,3,13-15H2,1-2H3,(H2,29,34)(H,30,36)(H,31,40)(H,32,35)(H,38,39). The van der Waals surface area contributed by atoms with Crippen molar-refractivity contribution in [2.75, 3.05) is 0 Å². The number of benzene rings is 2. The smallest absolute Gasteiger partial charge is 0.329 e. The van der Waals surface area contributed by atoms with Crippen molar-refractivity contribution in [2.45, 2.75) is 57.7 Å². The number of nitrogens with two attached hydrogens (primary N) is 1. The number of rotatable bonds is 13. The average Bonchev–Trinajstić information content (AvgIpc) is 2.93. The van der Waals surface area contributed by atoms with Gasteiger partial charge in [-0.15, -0.1) is 0 Å². The lowest BCUT2D eigenvalue weighted by atomic mass is 9.96. The van der Waals surface area contributed by atoms with Crippen molar-refractivity contribution in [1.29, 1.82) is 0 Å². The molecule has 6 N–H and O–H groups in total. The van der Waals surface area contributed by atoms with Gasteiger partial charge in [-0.1, -0.05) is 62.7 Å². The number of nitrogens with zero attached hydrogens (tertiary/aromatic N) is 1.